The van der Waals surface area contributed by atoms with Crippen molar-refractivity contribution in [2.24, 2.45) is 0 Å². The lowest BCUT2D eigenvalue weighted by Crippen LogP contribution is -2.20. The number of hydrogen-bond acceptors (Lipinski definition) is 3. The van der Waals surface area contributed by atoms with Crippen LogP contribution in [0.15, 0.2) is 38.0 Å². The number of rotatable bonds is 4. The Balaban J connectivity index is 2.27. The zero-order chi connectivity index (χ0) is 10.7. The molecule has 1 unspecified atom stereocenters. The van der Waals surface area contributed by atoms with Gasteiger partial charge in [-0.1, -0.05) is 6.92 Å². The fourth-order valence-electron chi connectivity index (χ4n) is 1.51. The van der Waals surface area contributed by atoms with E-state index in [4.69, 9.17) is 4.42 Å². The summed E-state index contributed by atoms with van der Waals surface area (Å²) in [5, 5.41) is 7.63. The molecule has 1 atom stereocenters. The number of thiophene rings is 1. The number of nitrogens with one attached hydrogen (secondary N) is 1. The molecule has 1 N–H and O–H groups in total. The molecule has 0 radical (unpaired) electrons. The Bertz CT molecular complexity index is 410. The third kappa shape index (κ3) is 2.51. The van der Waals surface area contributed by atoms with Crippen LogP contribution in [0.1, 0.15) is 24.3 Å². The highest BCUT2D eigenvalue weighted by Gasteiger charge is 2.16. The van der Waals surface area contributed by atoms with Crippen LogP contribution >= 0.6 is 27.3 Å². The van der Waals surface area contributed by atoms with E-state index >= 15 is 0 Å². The fraction of sp³-hybridized carbons (Fsp3) is 0.273. The Morgan fingerprint density at radius 3 is 2.87 bits per heavy atom. The van der Waals surface area contributed by atoms with Gasteiger partial charge < -0.3 is 9.73 Å². The molecule has 0 fully saturated rings. The van der Waals surface area contributed by atoms with E-state index in [-0.39, 0.29) is 6.04 Å². The first-order chi connectivity index (χ1) is 7.31. The van der Waals surface area contributed by atoms with Gasteiger partial charge in [0.2, 0.25) is 0 Å². The summed E-state index contributed by atoms with van der Waals surface area (Å²) in [6.07, 6.45) is 0. The van der Waals surface area contributed by atoms with Gasteiger partial charge in [-0.25, -0.2) is 0 Å². The second-order valence-corrected chi connectivity index (χ2v) is 4.75. The number of furan rings is 1. The molecule has 4 heteroatoms. The van der Waals surface area contributed by atoms with E-state index in [2.05, 4.69) is 45.0 Å². The molecular weight excluding hydrogens is 274 g/mol. The lowest BCUT2D eigenvalue weighted by molar-refractivity contribution is 0.438. The highest BCUT2D eigenvalue weighted by Crippen LogP contribution is 2.27. The van der Waals surface area contributed by atoms with E-state index < -0.39 is 0 Å². The fourth-order valence-corrected chi connectivity index (χ4v) is 2.51. The second kappa shape index (κ2) is 4.96. The van der Waals surface area contributed by atoms with E-state index in [1.165, 1.54) is 5.56 Å². The molecule has 0 aliphatic rings. The van der Waals surface area contributed by atoms with Gasteiger partial charge in [0.1, 0.15) is 5.76 Å². The Kier molecular flexibility index (Phi) is 3.61. The van der Waals surface area contributed by atoms with Gasteiger partial charge in [-0.05, 0) is 57.0 Å². The van der Waals surface area contributed by atoms with Crippen molar-refractivity contribution in [3.8, 4) is 0 Å². The lowest BCUT2D eigenvalue weighted by Gasteiger charge is -2.13. The van der Waals surface area contributed by atoms with E-state index in [1.807, 2.05) is 12.1 Å². The summed E-state index contributed by atoms with van der Waals surface area (Å²) in [4.78, 5) is 0. The van der Waals surface area contributed by atoms with Crippen LogP contribution in [0.2, 0.25) is 0 Å². The van der Waals surface area contributed by atoms with Crippen LogP contribution in [-0.2, 0) is 0 Å². The zero-order valence-corrected chi connectivity index (χ0v) is 10.8. The molecular formula is C11H12BrNOS. The summed E-state index contributed by atoms with van der Waals surface area (Å²) in [5.41, 5.74) is 1.25. The standard InChI is InChI=1S/C11H12BrNOS/c1-2-13-11(8-5-6-15-7-8)9-3-4-10(12)14-9/h3-7,11,13H,2H2,1H3. The predicted octanol–water partition coefficient (Wildman–Crippen LogP) is 3.80. The molecule has 80 valence electrons. The average Bonchev–Trinajstić information content (AvgIpc) is 2.85. The van der Waals surface area contributed by atoms with Gasteiger partial charge >= 0.3 is 0 Å². The van der Waals surface area contributed by atoms with Crippen molar-refractivity contribution in [3.63, 3.8) is 0 Å². The summed E-state index contributed by atoms with van der Waals surface area (Å²) in [6, 6.07) is 6.20. The third-order valence-electron chi connectivity index (χ3n) is 2.16. The number of halogens is 1. The molecule has 0 spiro atoms. The molecule has 0 aliphatic heterocycles. The molecule has 2 heterocycles. The SMILES string of the molecule is CCNC(c1ccsc1)c1ccc(Br)o1. The molecule has 0 bridgehead atoms. The van der Waals surface area contributed by atoms with Crippen molar-refractivity contribution in [3.05, 3.63) is 45.0 Å². The van der Waals surface area contributed by atoms with Gasteiger partial charge in [-0.2, -0.15) is 11.3 Å². The average molecular weight is 286 g/mol. The lowest BCUT2D eigenvalue weighted by atomic mass is 10.1. The normalized spacial score (nSPS) is 12.9. The van der Waals surface area contributed by atoms with Crippen LogP contribution in [0.5, 0.6) is 0 Å². The predicted molar refractivity (Wildman–Crippen MR) is 66.2 cm³/mol. The highest BCUT2D eigenvalue weighted by atomic mass is 79.9. The highest BCUT2D eigenvalue weighted by molar-refractivity contribution is 9.10. The van der Waals surface area contributed by atoms with Crippen molar-refractivity contribution in [2.75, 3.05) is 6.54 Å². The molecule has 15 heavy (non-hydrogen) atoms. The largest absolute Gasteiger partial charge is 0.452 e. The van der Waals surface area contributed by atoms with Crippen LogP contribution < -0.4 is 5.32 Å². The van der Waals surface area contributed by atoms with Gasteiger partial charge in [0.05, 0.1) is 6.04 Å². The van der Waals surface area contributed by atoms with Crippen molar-refractivity contribution < 1.29 is 4.42 Å². The minimum atomic E-state index is 0.160. The molecule has 0 saturated heterocycles. The smallest absolute Gasteiger partial charge is 0.169 e. The molecule has 0 amide bonds. The molecule has 2 rings (SSSR count). The van der Waals surface area contributed by atoms with Crippen LogP contribution in [0.25, 0.3) is 0 Å². The molecule has 0 aromatic carbocycles. The monoisotopic (exact) mass is 285 g/mol. The summed E-state index contributed by atoms with van der Waals surface area (Å²) in [7, 11) is 0. The van der Waals surface area contributed by atoms with E-state index in [0.29, 0.717) is 0 Å². The minimum absolute atomic E-state index is 0.160. The van der Waals surface area contributed by atoms with Crippen molar-refractivity contribution in [1.29, 1.82) is 0 Å². The van der Waals surface area contributed by atoms with Gasteiger partial charge in [-0.3, -0.25) is 0 Å². The third-order valence-corrected chi connectivity index (χ3v) is 3.29. The maximum Gasteiger partial charge on any atom is 0.169 e. The molecule has 2 nitrogen and oxygen atoms in total. The Labute approximate surface area is 101 Å². The minimum Gasteiger partial charge on any atom is -0.452 e. The molecule has 2 aromatic rings. The summed E-state index contributed by atoms with van der Waals surface area (Å²) in [5.74, 6) is 0.946. The van der Waals surface area contributed by atoms with Gasteiger partial charge in [0.25, 0.3) is 0 Å². The van der Waals surface area contributed by atoms with Crippen molar-refractivity contribution in [2.45, 2.75) is 13.0 Å². The topological polar surface area (TPSA) is 25.2 Å². The van der Waals surface area contributed by atoms with Crippen LogP contribution in [-0.4, -0.2) is 6.54 Å². The maximum absolute atomic E-state index is 5.58. The Hall–Kier alpha value is -0.580. The van der Waals surface area contributed by atoms with Crippen LogP contribution in [0, 0.1) is 0 Å². The Morgan fingerprint density at radius 1 is 1.47 bits per heavy atom. The summed E-state index contributed by atoms with van der Waals surface area (Å²) >= 11 is 5.02. The van der Waals surface area contributed by atoms with Crippen molar-refractivity contribution >= 4 is 27.3 Å². The van der Waals surface area contributed by atoms with E-state index in [0.717, 1.165) is 17.0 Å². The Morgan fingerprint density at radius 2 is 2.33 bits per heavy atom. The second-order valence-electron chi connectivity index (χ2n) is 3.19. The number of hydrogen-bond donors (Lipinski definition) is 1. The molecule has 0 saturated carbocycles. The summed E-state index contributed by atoms with van der Waals surface area (Å²) in [6.45, 7) is 3.01. The molecule has 2 aromatic heterocycles. The zero-order valence-electron chi connectivity index (χ0n) is 8.37. The van der Waals surface area contributed by atoms with Gasteiger partial charge in [-0.15, -0.1) is 0 Å². The maximum atomic E-state index is 5.58. The molecule has 0 aliphatic carbocycles. The first-order valence-corrected chi connectivity index (χ1v) is 6.55. The van der Waals surface area contributed by atoms with E-state index in [1.54, 1.807) is 11.3 Å². The quantitative estimate of drug-likeness (QED) is 0.924. The van der Waals surface area contributed by atoms with Crippen LogP contribution in [0.4, 0.5) is 0 Å². The first kappa shape index (κ1) is 10.9. The summed E-state index contributed by atoms with van der Waals surface area (Å²) < 4.78 is 6.35. The van der Waals surface area contributed by atoms with E-state index in [9.17, 15) is 0 Å². The first-order valence-electron chi connectivity index (χ1n) is 4.82. The van der Waals surface area contributed by atoms with Crippen LogP contribution in [0.3, 0.4) is 0 Å². The van der Waals surface area contributed by atoms with Gasteiger partial charge in [0, 0.05) is 0 Å². The van der Waals surface area contributed by atoms with Crippen molar-refractivity contribution in [1.82, 2.24) is 5.32 Å². The van der Waals surface area contributed by atoms with Gasteiger partial charge in [0.15, 0.2) is 4.67 Å².